The third-order valence-corrected chi connectivity index (χ3v) is 5.90. The van der Waals surface area contributed by atoms with E-state index in [0.29, 0.717) is 23.6 Å². The van der Waals surface area contributed by atoms with Gasteiger partial charge in [-0.1, -0.05) is 30.3 Å². The monoisotopic (exact) mass is 366 g/mol. The van der Waals surface area contributed by atoms with E-state index in [-0.39, 0.29) is 0 Å². The molecule has 0 radical (unpaired) electrons. The van der Waals surface area contributed by atoms with Crippen LogP contribution in [0.25, 0.3) is 0 Å². The Morgan fingerprint density at radius 3 is 2.81 bits per heavy atom. The number of likely N-dealkylation sites (tertiary alicyclic amines) is 1. The fraction of sp³-hybridized carbons (Fsp3) is 0.333. The van der Waals surface area contributed by atoms with Crippen molar-refractivity contribution in [3.05, 3.63) is 65.2 Å². The largest absolute Gasteiger partial charge is 0.465 e. The van der Waals surface area contributed by atoms with E-state index in [9.17, 15) is 10.1 Å². The Hall–Kier alpha value is -2.29. The van der Waals surface area contributed by atoms with Gasteiger partial charge in [0.25, 0.3) is 0 Å². The molecule has 0 spiro atoms. The number of benzene rings is 2. The molecule has 1 saturated heterocycles. The second-order valence-electron chi connectivity index (χ2n) is 6.46. The number of carbonyl (C=O) groups excluding carboxylic acids is 1. The van der Waals surface area contributed by atoms with Crippen LogP contribution in [0.2, 0.25) is 0 Å². The number of methoxy groups -OCH3 is 1. The smallest absolute Gasteiger partial charge is 0.339 e. The lowest BCUT2D eigenvalue weighted by Gasteiger charge is -2.17. The Balaban J connectivity index is 1.60. The van der Waals surface area contributed by atoms with Crippen molar-refractivity contribution in [2.24, 2.45) is 5.92 Å². The highest BCUT2D eigenvalue weighted by atomic mass is 32.2. The minimum Gasteiger partial charge on any atom is -0.465 e. The summed E-state index contributed by atoms with van der Waals surface area (Å²) in [4.78, 5) is 15.5. The fourth-order valence-electron chi connectivity index (χ4n) is 3.31. The maximum Gasteiger partial charge on any atom is 0.339 e. The van der Waals surface area contributed by atoms with Gasteiger partial charge in [0.15, 0.2) is 0 Å². The summed E-state index contributed by atoms with van der Waals surface area (Å²) in [5.74, 6) is 1.30. The molecule has 1 aliphatic rings. The van der Waals surface area contributed by atoms with Crippen LogP contribution in [-0.4, -0.2) is 36.8 Å². The van der Waals surface area contributed by atoms with Gasteiger partial charge in [-0.15, -0.1) is 11.8 Å². The Morgan fingerprint density at radius 2 is 2.08 bits per heavy atom. The van der Waals surface area contributed by atoms with E-state index < -0.39 is 5.97 Å². The second-order valence-corrected chi connectivity index (χ2v) is 7.55. The van der Waals surface area contributed by atoms with Crippen molar-refractivity contribution in [3.8, 4) is 6.07 Å². The van der Waals surface area contributed by atoms with Crippen LogP contribution >= 0.6 is 11.8 Å². The lowest BCUT2D eigenvalue weighted by Crippen LogP contribution is -2.22. The van der Waals surface area contributed by atoms with Crippen molar-refractivity contribution in [2.75, 3.05) is 26.0 Å². The van der Waals surface area contributed by atoms with Crippen LogP contribution in [-0.2, 0) is 11.3 Å². The third-order valence-electron chi connectivity index (χ3n) is 4.66. The third kappa shape index (κ3) is 4.46. The first kappa shape index (κ1) is 18.5. The number of nitrogens with zero attached hydrogens (tertiary/aromatic N) is 2. The number of rotatable bonds is 6. The molecule has 0 aromatic heterocycles. The number of carbonyl (C=O) groups is 1. The number of hydrogen-bond donors (Lipinski definition) is 0. The van der Waals surface area contributed by atoms with Gasteiger partial charge in [0.2, 0.25) is 0 Å². The van der Waals surface area contributed by atoms with Gasteiger partial charge in [0.05, 0.1) is 18.2 Å². The van der Waals surface area contributed by atoms with Crippen LogP contribution in [0, 0.1) is 17.2 Å². The van der Waals surface area contributed by atoms with E-state index >= 15 is 0 Å². The normalized spacial score (nSPS) is 17.0. The molecule has 1 heterocycles. The number of esters is 1. The van der Waals surface area contributed by atoms with Gasteiger partial charge < -0.3 is 4.74 Å². The molecular weight excluding hydrogens is 344 g/mol. The zero-order chi connectivity index (χ0) is 18.4. The molecule has 1 atom stereocenters. The zero-order valence-electron chi connectivity index (χ0n) is 14.9. The molecule has 1 fully saturated rings. The number of nitriles is 1. The molecule has 0 bridgehead atoms. The van der Waals surface area contributed by atoms with Crippen LogP contribution < -0.4 is 0 Å². The van der Waals surface area contributed by atoms with E-state index in [2.05, 4.69) is 35.2 Å². The topological polar surface area (TPSA) is 53.3 Å². The van der Waals surface area contributed by atoms with Gasteiger partial charge in [-0.3, -0.25) is 4.90 Å². The summed E-state index contributed by atoms with van der Waals surface area (Å²) < 4.78 is 4.79. The predicted molar refractivity (Wildman–Crippen MR) is 103 cm³/mol. The molecule has 0 saturated carbocycles. The molecular formula is C21H22N2O2S. The summed E-state index contributed by atoms with van der Waals surface area (Å²) >= 11 is 1.90. The van der Waals surface area contributed by atoms with E-state index in [1.165, 1.54) is 18.4 Å². The quantitative estimate of drug-likeness (QED) is 0.572. The minimum atomic E-state index is -0.457. The summed E-state index contributed by atoms with van der Waals surface area (Å²) in [7, 11) is 1.34. The van der Waals surface area contributed by atoms with Gasteiger partial charge >= 0.3 is 5.97 Å². The van der Waals surface area contributed by atoms with Gasteiger partial charge in [0.1, 0.15) is 6.07 Å². The van der Waals surface area contributed by atoms with Crippen LogP contribution in [0.5, 0.6) is 0 Å². The van der Waals surface area contributed by atoms with Crippen molar-refractivity contribution in [1.29, 1.82) is 5.26 Å². The molecule has 5 heteroatoms. The number of thioether (sulfide) groups is 1. The number of hydrogen-bond acceptors (Lipinski definition) is 5. The van der Waals surface area contributed by atoms with E-state index in [4.69, 9.17) is 4.74 Å². The molecule has 26 heavy (non-hydrogen) atoms. The van der Waals surface area contributed by atoms with Crippen molar-refractivity contribution in [2.45, 2.75) is 17.9 Å². The molecule has 0 aliphatic carbocycles. The molecule has 2 aromatic carbocycles. The minimum absolute atomic E-state index is 0.350. The molecule has 1 aliphatic heterocycles. The molecule has 0 amide bonds. The van der Waals surface area contributed by atoms with Crippen molar-refractivity contribution in [1.82, 2.24) is 4.90 Å². The van der Waals surface area contributed by atoms with E-state index in [0.717, 1.165) is 24.4 Å². The van der Waals surface area contributed by atoms with Gasteiger partial charge in [-0.2, -0.15) is 5.26 Å². The summed E-state index contributed by atoms with van der Waals surface area (Å²) in [5.41, 5.74) is 1.68. The predicted octanol–water partition coefficient (Wildman–Crippen LogP) is 3.96. The summed E-state index contributed by atoms with van der Waals surface area (Å²) in [5, 5.41) is 9.50. The first-order valence-corrected chi connectivity index (χ1v) is 9.70. The maximum atomic E-state index is 11.9. The van der Waals surface area contributed by atoms with E-state index in [1.54, 1.807) is 6.07 Å². The molecule has 4 nitrogen and oxygen atoms in total. The molecule has 134 valence electrons. The van der Waals surface area contributed by atoms with Crippen molar-refractivity contribution < 1.29 is 9.53 Å². The molecule has 3 rings (SSSR count). The standard InChI is InChI=1S/C21H22N2O2S/c1-25-21(24)19-9-5-6-17(20(19)12-22)14-23-11-10-16(13-23)15-26-18-7-3-2-4-8-18/h2-9,16H,10-11,13-15H2,1H3/t16-/m0/s1. The second kappa shape index (κ2) is 8.88. The summed E-state index contributed by atoms with van der Waals surface area (Å²) in [6, 6.07) is 18.1. The number of ether oxygens (including phenoxy) is 1. The average Bonchev–Trinajstić information content (AvgIpc) is 3.13. The average molecular weight is 366 g/mol. The van der Waals surface area contributed by atoms with Gasteiger partial charge in [0, 0.05) is 23.7 Å². The Labute approximate surface area is 158 Å². The van der Waals surface area contributed by atoms with E-state index in [1.807, 2.05) is 30.0 Å². The Morgan fingerprint density at radius 1 is 1.27 bits per heavy atom. The zero-order valence-corrected chi connectivity index (χ0v) is 15.7. The maximum absolute atomic E-state index is 11.9. The highest BCUT2D eigenvalue weighted by Gasteiger charge is 2.24. The van der Waals surface area contributed by atoms with Gasteiger partial charge in [-0.05, 0) is 42.6 Å². The van der Waals surface area contributed by atoms with Crippen LogP contribution in [0.3, 0.4) is 0 Å². The summed E-state index contributed by atoms with van der Waals surface area (Å²) in [6.45, 7) is 2.74. The SMILES string of the molecule is COC(=O)c1cccc(CN2CC[C@H](CSc3ccccc3)C2)c1C#N. The fourth-order valence-corrected chi connectivity index (χ4v) is 4.36. The Kier molecular flexibility index (Phi) is 6.32. The Bertz CT molecular complexity index is 801. The lowest BCUT2D eigenvalue weighted by molar-refractivity contribution is 0.0600. The first-order chi connectivity index (χ1) is 12.7. The van der Waals surface area contributed by atoms with Crippen molar-refractivity contribution in [3.63, 3.8) is 0 Å². The van der Waals surface area contributed by atoms with Crippen LogP contribution in [0.1, 0.15) is 27.9 Å². The highest BCUT2D eigenvalue weighted by Crippen LogP contribution is 2.27. The first-order valence-electron chi connectivity index (χ1n) is 8.71. The van der Waals surface area contributed by atoms with Crippen LogP contribution in [0.15, 0.2) is 53.4 Å². The van der Waals surface area contributed by atoms with Crippen LogP contribution in [0.4, 0.5) is 0 Å². The molecule has 0 unspecified atom stereocenters. The van der Waals surface area contributed by atoms with Gasteiger partial charge in [-0.25, -0.2) is 4.79 Å². The van der Waals surface area contributed by atoms with Crippen molar-refractivity contribution >= 4 is 17.7 Å². The highest BCUT2D eigenvalue weighted by molar-refractivity contribution is 7.99. The molecule has 2 aromatic rings. The molecule has 0 N–H and O–H groups in total. The lowest BCUT2D eigenvalue weighted by atomic mass is 10.0. The summed E-state index contributed by atoms with van der Waals surface area (Å²) in [6.07, 6.45) is 1.17.